The van der Waals surface area contributed by atoms with E-state index < -0.39 is 0 Å². The van der Waals surface area contributed by atoms with E-state index in [0.29, 0.717) is 23.6 Å². The average molecular weight is 335 g/mol. The van der Waals surface area contributed by atoms with Gasteiger partial charge in [-0.25, -0.2) is 4.98 Å². The number of carbonyl (C=O) groups excluding carboxylic acids is 1. The molecule has 1 N–H and O–H groups in total. The largest absolute Gasteiger partial charge is 0.454 e. The lowest BCUT2D eigenvalue weighted by Crippen LogP contribution is -2.22. The van der Waals surface area contributed by atoms with E-state index in [4.69, 9.17) is 9.47 Å². The minimum Gasteiger partial charge on any atom is -0.454 e. The maximum Gasteiger partial charge on any atom is 0.251 e. The van der Waals surface area contributed by atoms with Gasteiger partial charge in [0, 0.05) is 31.0 Å². The lowest BCUT2D eigenvalue weighted by atomic mass is 10.1. The molecule has 0 radical (unpaired) electrons. The summed E-state index contributed by atoms with van der Waals surface area (Å²) < 4.78 is 12.6. The molecule has 1 aromatic heterocycles. The highest BCUT2D eigenvalue weighted by Crippen LogP contribution is 2.32. The zero-order chi connectivity index (χ0) is 17.1. The molecule has 25 heavy (non-hydrogen) atoms. The smallest absolute Gasteiger partial charge is 0.251 e. The SMILES string of the molecule is O=C(NCc1ccc(Cn2ccnc2)cc1)c1ccc2c(c1)OCO2. The summed E-state index contributed by atoms with van der Waals surface area (Å²) in [5.74, 6) is 1.14. The van der Waals surface area contributed by atoms with Crippen molar-refractivity contribution in [1.82, 2.24) is 14.9 Å². The predicted octanol–water partition coefficient (Wildman–Crippen LogP) is 2.59. The van der Waals surface area contributed by atoms with Crippen molar-refractivity contribution in [3.8, 4) is 11.5 Å². The Kier molecular flexibility index (Phi) is 4.08. The van der Waals surface area contributed by atoms with Crippen LogP contribution in [0.25, 0.3) is 0 Å². The molecule has 1 aliphatic heterocycles. The van der Waals surface area contributed by atoms with Crippen molar-refractivity contribution < 1.29 is 14.3 Å². The molecule has 3 aromatic rings. The van der Waals surface area contributed by atoms with Gasteiger partial charge in [0.05, 0.1) is 6.33 Å². The average Bonchev–Trinajstić information content (AvgIpc) is 3.31. The van der Waals surface area contributed by atoms with E-state index in [9.17, 15) is 4.79 Å². The van der Waals surface area contributed by atoms with Gasteiger partial charge in [-0.3, -0.25) is 4.79 Å². The fourth-order valence-electron chi connectivity index (χ4n) is 2.68. The molecule has 126 valence electrons. The first-order valence-electron chi connectivity index (χ1n) is 7.99. The number of fused-ring (bicyclic) bond motifs is 1. The highest BCUT2D eigenvalue weighted by atomic mass is 16.7. The van der Waals surface area contributed by atoms with Gasteiger partial charge in [0.25, 0.3) is 5.91 Å². The molecular formula is C19H17N3O3. The molecule has 6 heteroatoms. The molecule has 1 aliphatic rings. The number of benzene rings is 2. The topological polar surface area (TPSA) is 65.4 Å². The Labute approximate surface area is 145 Å². The highest BCUT2D eigenvalue weighted by Gasteiger charge is 2.16. The first-order valence-corrected chi connectivity index (χ1v) is 7.99. The van der Waals surface area contributed by atoms with Crippen molar-refractivity contribution in [2.45, 2.75) is 13.1 Å². The molecule has 0 saturated carbocycles. The summed E-state index contributed by atoms with van der Waals surface area (Å²) in [4.78, 5) is 16.3. The lowest BCUT2D eigenvalue weighted by Gasteiger charge is -2.08. The first-order chi connectivity index (χ1) is 12.3. The molecule has 1 amide bonds. The van der Waals surface area contributed by atoms with Gasteiger partial charge in [-0.15, -0.1) is 0 Å². The van der Waals surface area contributed by atoms with Crippen molar-refractivity contribution in [3.63, 3.8) is 0 Å². The van der Waals surface area contributed by atoms with Crippen LogP contribution in [0.1, 0.15) is 21.5 Å². The Morgan fingerprint density at radius 3 is 2.68 bits per heavy atom. The van der Waals surface area contributed by atoms with Crippen molar-refractivity contribution in [2.75, 3.05) is 6.79 Å². The van der Waals surface area contributed by atoms with Crippen LogP contribution in [0.3, 0.4) is 0 Å². The normalized spacial score (nSPS) is 12.2. The van der Waals surface area contributed by atoms with Gasteiger partial charge in [0.2, 0.25) is 6.79 Å². The van der Waals surface area contributed by atoms with Crippen LogP contribution in [-0.4, -0.2) is 22.3 Å². The van der Waals surface area contributed by atoms with Gasteiger partial charge >= 0.3 is 0 Å². The maximum atomic E-state index is 12.3. The van der Waals surface area contributed by atoms with Gasteiger partial charge in [-0.05, 0) is 29.3 Å². The second-order valence-electron chi connectivity index (χ2n) is 5.80. The number of imidazole rings is 1. The van der Waals surface area contributed by atoms with Gasteiger partial charge in [0.1, 0.15) is 0 Å². The molecule has 6 nitrogen and oxygen atoms in total. The lowest BCUT2D eigenvalue weighted by molar-refractivity contribution is 0.0950. The van der Waals surface area contributed by atoms with Gasteiger partial charge in [-0.1, -0.05) is 24.3 Å². The van der Waals surface area contributed by atoms with Crippen LogP contribution in [-0.2, 0) is 13.1 Å². The molecule has 0 unspecified atom stereocenters. The Balaban J connectivity index is 1.35. The van der Waals surface area contributed by atoms with Crippen LogP contribution in [0.4, 0.5) is 0 Å². The van der Waals surface area contributed by atoms with Crippen molar-refractivity contribution >= 4 is 5.91 Å². The molecule has 4 rings (SSSR count). The zero-order valence-electron chi connectivity index (χ0n) is 13.5. The fraction of sp³-hybridized carbons (Fsp3) is 0.158. The first kappa shape index (κ1) is 15.3. The third-order valence-electron chi connectivity index (χ3n) is 4.04. The van der Waals surface area contributed by atoms with Crippen molar-refractivity contribution in [3.05, 3.63) is 77.9 Å². The summed E-state index contributed by atoms with van der Waals surface area (Å²) in [6.07, 6.45) is 5.49. The second-order valence-corrected chi connectivity index (χ2v) is 5.80. The van der Waals surface area contributed by atoms with Crippen LogP contribution in [0.2, 0.25) is 0 Å². The molecule has 2 aromatic carbocycles. The zero-order valence-corrected chi connectivity index (χ0v) is 13.5. The van der Waals surface area contributed by atoms with Gasteiger partial charge < -0.3 is 19.4 Å². The van der Waals surface area contributed by atoms with E-state index in [2.05, 4.69) is 22.4 Å². The number of amides is 1. The van der Waals surface area contributed by atoms with Crippen LogP contribution in [0.15, 0.2) is 61.2 Å². The van der Waals surface area contributed by atoms with Crippen LogP contribution < -0.4 is 14.8 Å². The van der Waals surface area contributed by atoms with Crippen LogP contribution >= 0.6 is 0 Å². The number of nitrogens with one attached hydrogen (secondary N) is 1. The highest BCUT2D eigenvalue weighted by molar-refractivity contribution is 5.94. The Morgan fingerprint density at radius 1 is 1.08 bits per heavy atom. The van der Waals surface area contributed by atoms with E-state index in [1.807, 2.05) is 22.9 Å². The monoisotopic (exact) mass is 335 g/mol. The number of rotatable bonds is 5. The maximum absolute atomic E-state index is 12.3. The molecular weight excluding hydrogens is 318 g/mol. The van der Waals surface area contributed by atoms with Crippen LogP contribution in [0.5, 0.6) is 11.5 Å². The van der Waals surface area contributed by atoms with Crippen LogP contribution in [0, 0.1) is 0 Å². The summed E-state index contributed by atoms with van der Waals surface area (Å²) in [5.41, 5.74) is 2.79. The molecule has 0 fully saturated rings. The molecule has 0 spiro atoms. The standard InChI is InChI=1S/C19H17N3O3/c23-19(16-5-6-17-18(9-16)25-13-24-17)21-10-14-1-3-15(4-2-14)11-22-8-7-20-12-22/h1-9,12H,10-11,13H2,(H,21,23). The molecule has 0 saturated heterocycles. The summed E-state index contributed by atoms with van der Waals surface area (Å²) in [7, 11) is 0. The summed E-state index contributed by atoms with van der Waals surface area (Å²) >= 11 is 0. The molecule has 0 aliphatic carbocycles. The minimum atomic E-state index is -0.138. The minimum absolute atomic E-state index is 0.138. The summed E-state index contributed by atoms with van der Waals surface area (Å²) in [5, 5.41) is 2.92. The third-order valence-corrected chi connectivity index (χ3v) is 4.04. The van der Waals surface area contributed by atoms with E-state index >= 15 is 0 Å². The Bertz CT molecular complexity index is 873. The van der Waals surface area contributed by atoms with Crippen molar-refractivity contribution in [1.29, 1.82) is 0 Å². The molecule has 0 atom stereocenters. The predicted molar refractivity (Wildman–Crippen MR) is 91.5 cm³/mol. The van der Waals surface area contributed by atoms with E-state index in [1.165, 1.54) is 5.56 Å². The van der Waals surface area contributed by atoms with Gasteiger partial charge in [0.15, 0.2) is 11.5 Å². The number of hydrogen-bond acceptors (Lipinski definition) is 4. The fourth-order valence-corrected chi connectivity index (χ4v) is 2.68. The summed E-state index contributed by atoms with van der Waals surface area (Å²) in [6, 6.07) is 13.3. The number of nitrogens with zero attached hydrogens (tertiary/aromatic N) is 2. The molecule has 0 bridgehead atoms. The number of ether oxygens (including phenoxy) is 2. The third kappa shape index (κ3) is 3.47. The number of hydrogen-bond donors (Lipinski definition) is 1. The quantitative estimate of drug-likeness (QED) is 0.778. The number of aromatic nitrogens is 2. The summed E-state index contributed by atoms with van der Waals surface area (Å²) in [6.45, 7) is 1.45. The Morgan fingerprint density at radius 2 is 1.88 bits per heavy atom. The Hall–Kier alpha value is -3.28. The van der Waals surface area contributed by atoms with Crippen molar-refractivity contribution in [2.24, 2.45) is 0 Å². The molecule has 2 heterocycles. The van der Waals surface area contributed by atoms with E-state index in [0.717, 1.165) is 12.1 Å². The van der Waals surface area contributed by atoms with E-state index in [-0.39, 0.29) is 12.7 Å². The van der Waals surface area contributed by atoms with E-state index in [1.54, 1.807) is 30.7 Å². The van der Waals surface area contributed by atoms with Gasteiger partial charge in [-0.2, -0.15) is 0 Å². The second kappa shape index (κ2) is 6.68. The number of carbonyl (C=O) groups is 1.